The van der Waals surface area contributed by atoms with E-state index in [1.54, 1.807) is 12.1 Å². The number of nitrogens with two attached hydrogens (primary N) is 1. The molecule has 0 bridgehead atoms. The summed E-state index contributed by atoms with van der Waals surface area (Å²) in [6, 6.07) is 7.25. The number of benzene rings is 1. The van der Waals surface area contributed by atoms with Crippen LogP contribution in [0.2, 0.25) is 5.02 Å². The SMILES string of the molecule is NCC(CCc1cccc(Cl)c1)C(F)F. The van der Waals surface area contributed by atoms with E-state index >= 15 is 0 Å². The lowest BCUT2D eigenvalue weighted by atomic mass is 10.00. The van der Waals surface area contributed by atoms with E-state index < -0.39 is 12.3 Å². The quantitative estimate of drug-likeness (QED) is 0.831. The van der Waals surface area contributed by atoms with Crippen molar-refractivity contribution in [3.63, 3.8) is 0 Å². The Morgan fingerprint density at radius 3 is 2.60 bits per heavy atom. The van der Waals surface area contributed by atoms with Crippen molar-refractivity contribution in [1.29, 1.82) is 0 Å². The van der Waals surface area contributed by atoms with Gasteiger partial charge in [0.2, 0.25) is 6.43 Å². The van der Waals surface area contributed by atoms with Gasteiger partial charge in [0, 0.05) is 17.5 Å². The smallest absolute Gasteiger partial charge is 0.242 e. The molecule has 0 saturated heterocycles. The Hall–Kier alpha value is -0.670. The summed E-state index contributed by atoms with van der Waals surface area (Å²) in [6.45, 7) is 0.0260. The first kappa shape index (κ1) is 12.4. The molecule has 0 fully saturated rings. The zero-order valence-corrected chi connectivity index (χ0v) is 9.05. The molecule has 0 aromatic heterocycles. The van der Waals surface area contributed by atoms with Gasteiger partial charge < -0.3 is 5.73 Å². The summed E-state index contributed by atoms with van der Waals surface area (Å²) < 4.78 is 24.8. The molecule has 1 aromatic carbocycles. The Kier molecular flexibility index (Phi) is 4.99. The lowest BCUT2D eigenvalue weighted by molar-refractivity contribution is 0.0769. The molecule has 0 amide bonds. The first-order valence-electron chi connectivity index (χ1n) is 4.86. The molecule has 0 aliphatic rings. The normalized spacial score (nSPS) is 13.1. The van der Waals surface area contributed by atoms with E-state index in [4.69, 9.17) is 17.3 Å². The van der Waals surface area contributed by atoms with Gasteiger partial charge >= 0.3 is 0 Å². The first-order chi connectivity index (χ1) is 7.13. The van der Waals surface area contributed by atoms with Gasteiger partial charge in [0.1, 0.15) is 0 Å². The van der Waals surface area contributed by atoms with Crippen LogP contribution in [0, 0.1) is 5.92 Å². The second-order valence-electron chi connectivity index (χ2n) is 3.50. The zero-order valence-electron chi connectivity index (χ0n) is 8.30. The van der Waals surface area contributed by atoms with E-state index in [0.717, 1.165) is 5.56 Å². The van der Waals surface area contributed by atoms with Gasteiger partial charge in [-0.25, -0.2) is 8.78 Å². The number of hydrogen-bond acceptors (Lipinski definition) is 1. The minimum atomic E-state index is -2.34. The highest BCUT2D eigenvalue weighted by Crippen LogP contribution is 2.18. The van der Waals surface area contributed by atoms with E-state index in [9.17, 15) is 8.78 Å². The molecule has 0 aliphatic carbocycles. The lowest BCUT2D eigenvalue weighted by Crippen LogP contribution is -2.22. The fourth-order valence-corrected chi connectivity index (χ4v) is 1.60. The molecule has 0 radical (unpaired) electrons. The van der Waals surface area contributed by atoms with Gasteiger partial charge in [-0.15, -0.1) is 0 Å². The van der Waals surface area contributed by atoms with Crippen LogP contribution in [0.25, 0.3) is 0 Å². The highest BCUT2D eigenvalue weighted by molar-refractivity contribution is 6.30. The number of aryl methyl sites for hydroxylation is 1. The van der Waals surface area contributed by atoms with Crippen molar-refractivity contribution in [2.45, 2.75) is 19.3 Å². The molecule has 1 aromatic rings. The molecule has 0 heterocycles. The maximum absolute atomic E-state index is 12.4. The van der Waals surface area contributed by atoms with Crippen molar-refractivity contribution in [3.8, 4) is 0 Å². The van der Waals surface area contributed by atoms with Crippen LogP contribution in [0.1, 0.15) is 12.0 Å². The predicted molar refractivity (Wildman–Crippen MR) is 58.3 cm³/mol. The van der Waals surface area contributed by atoms with Crippen LogP contribution < -0.4 is 5.73 Å². The lowest BCUT2D eigenvalue weighted by Gasteiger charge is -2.13. The molecule has 1 rings (SSSR count). The van der Waals surface area contributed by atoms with Crippen molar-refractivity contribution in [2.24, 2.45) is 11.7 Å². The standard InChI is InChI=1S/C11H14ClF2N/c12-10-3-1-2-8(6-10)4-5-9(7-15)11(13)14/h1-3,6,9,11H,4-5,7,15H2. The second kappa shape index (κ2) is 6.03. The minimum Gasteiger partial charge on any atom is -0.330 e. The Bertz CT molecular complexity index is 304. The number of halogens is 3. The molecule has 15 heavy (non-hydrogen) atoms. The summed E-state index contributed by atoms with van der Waals surface area (Å²) in [6.07, 6.45) is -1.35. The molecule has 1 nitrogen and oxygen atoms in total. The van der Waals surface area contributed by atoms with Crippen LogP contribution >= 0.6 is 11.6 Å². The number of alkyl halides is 2. The Balaban J connectivity index is 2.49. The van der Waals surface area contributed by atoms with Crippen LogP contribution in [0.5, 0.6) is 0 Å². The van der Waals surface area contributed by atoms with Crippen molar-refractivity contribution < 1.29 is 8.78 Å². The van der Waals surface area contributed by atoms with E-state index in [0.29, 0.717) is 17.9 Å². The Morgan fingerprint density at radius 1 is 1.33 bits per heavy atom. The summed E-state index contributed by atoms with van der Waals surface area (Å²) in [7, 11) is 0. The van der Waals surface area contributed by atoms with Crippen LogP contribution in [0.4, 0.5) is 8.78 Å². The van der Waals surface area contributed by atoms with E-state index in [2.05, 4.69) is 0 Å². The third-order valence-electron chi connectivity index (χ3n) is 2.35. The highest BCUT2D eigenvalue weighted by atomic mass is 35.5. The molecule has 2 N–H and O–H groups in total. The van der Waals surface area contributed by atoms with E-state index in [1.807, 2.05) is 12.1 Å². The second-order valence-corrected chi connectivity index (χ2v) is 3.94. The highest BCUT2D eigenvalue weighted by Gasteiger charge is 2.17. The van der Waals surface area contributed by atoms with Crippen LogP contribution in [0.15, 0.2) is 24.3 Å². The molecule has 84 valence electrons. The van der Waals surface area contributed by atoms with Crippen molar-refractivity contribution in [1.82, 2.24) is 0 Å². The van der Waals surface area contributed by atoms with Crippen LogP contribution in [0.3, 0.4) is 0 Å². The number of hydrogen-bond donors (Lipinski definition) is 1. The van der Waals surface area contributed by atoms with Gasteiger partial charge in [-0.05, 0) is 30.5 Å². The first-order valence-corrected chi connectivity index (χ1v) is 5.24. The van der Waals surface area contributed by atoms with Crippen molar-refractivity contribution in [2.75, 3.05) is 6.54 Å². The molecule has 0 aliphatic heterocycles. The van der Waals surface area contributed by atoms with Gasteiger partial charge in [0.25, 0.3) is 0 Å². The van der Waals surface area contributed by atoms with Crippen molar-refractivity contribution in [3.05, 3.63) is 34.9 Å². The summed E-state index contributed by atoms with van der Waals surface area (Å²) in [4.78, 5) is 0. The maximum Gasteiger partial charge on any atom is 0.242 e. The third-order valence-corrected chi connectivity index (χ3v) is 2.59. The topological polar surface area (TPSA) is 26.0 Å². The van der Waals surface area contributed by atoms with Crippen molar-refractivity contribution >= 4 is 11.6 Å². The largest absolute Gasteiger partial charge is 0.330 e. The van der Waals surface area contributed by atoms with E-state index in [-0.39, 0.29) is 6.54 Å². The zero-order chi connectivity index (χ0) is 11.3. The average Bonchev–Trinajstić information content (AvgIpc) is 2.18. The third kappa shape index (κ3) is 4.14. The summed E-state index contributed by atoms with van der Waals surface area (Å²) in [5, 5.41) is 0.633. The monoisotopic (exact) mass is 233 g/mol. The average molecular weight is 234 g/mol. The van der Waals surface area contributed by atoms with Gasteiger partial charge in [0.15, 0.2) is 0 Å². The van der Waals surface area contributed by atoms with Gasteiger partial charge in [-0.1, -0.05) is 23.7 Å². The molecule has 0 spiro atoms. The van der Waals surface area contributed by atoms with Crippen LogP contribution in [-0.2, 0) is 6.42 Å². The van der Waals surface area contributed by atoms with Gasteiger partial charge in [-0.3, -0.25) is 0 Å². The molecule has 1 atom stereocenters. The summed E-state index contributed by atoms with van der Waals surface area (Å²) >= 11 is 5.78. The van der Waals surface area contributed by atoms with Crippen LogP contribution in [-0.4, -0.2) is 13.0 Å². The molecule has 0 saturated carbocycles. The fourth-order valence-electron chi connectivity index (χ4n) is 1.39. The molecule has 4 heteroatoms. The van der Waals surface area contributed by atoms with Gasteiger partial charge in [-0.2, -0.15) is 0 Å². The van der Waals surface area contributed by atoms with Gasteiger partial charge in [0.05, 0.1) is 0 Å². The summed E-state index contributed by atoms with van der Waals surface area (Å²) in [5.41, 5.74) is 6.24. The molecule has 1 unspecified atom stereocenters. The Labute approximate surface area is 93.2 Å². The number of rotatable bonds is 5. The summed E-state index contributed by atoms with van der Waals surface area (Å²) in [5.74, 6) is -0.719. The minimum absolute atomic E-state index is 0.0260. The molecular formula is C11H14ClF2N. The van der Waals surface area contributed by atoms with E-state index in [1.165, 1.54) is 0 Å². The maximum atomic E-state index is 12.4. The Morgan fingerprint density at radius 2 is 2.07 bits per heavy atom. The fraction of sp³-hybridized carbons (Fsp3) is 0.455. The predicted octanol–water partition coefficient (Wildman–Crippen LogP) is 3.11. The molecular weight excluding hydrogens is 220 g/mol.